The van der Waals surface area contributed by atoms with Gasteiger partial charge in [-0.1, -0.05) is 0 Å². The number of aromatic nitrogens is 4. The van der Waals surface area contributed by atoms with Gasteiger partial charge in [-0.2, -0.15) is 4.80 Å². The molecular formula is C8H15N5. The van der Waals surface area contributed by atoms with E-state index in [2.05, 4.69) is 20.7 Å². The molecule has 5 nitrogen and oxygen atoms in total. The molecule has 0 amide bonds. The van der Waals surface area contributed by atoms with Crippen molar-refractivity contribution in [3.63, 3.8) is 0 Å². The van der Waals surface area contributed by atoms with Crippen molar-refractivity contribution in [2.75, 3.05) is 6.54 Å². The summed E-state index contributed by atoms with van der Waals surface area (Å²) in [5.41, 5.74) is 0. The van der Waals surface area contributed by atoms with Crippen molar-refractivity contribution in [3.8, 4) is 0 Å². The Morgan fingerprint density at radius 2 is 2.38 bits per heavy atom. The van der Waals surface area contributed by atoms with E-state index in [4.69, 9.17) is 0 Å². The van der Waals surface area contributed by atoms with Crippen LogP contribution in [-0.2, 0) is 0 Å². The van der Waals surface area contributed by atoms with Crippen molar-refractivity contribution in [2.45, 2.75) is 38.8 Å². The molecular weight excluding hydrogens is 166 g/mol. The van der Waals surface area contributed by atoms with E-state index in [1.165, 1.54) is 6.42 Å². The first-order chi connectivity index (χ1) is 6.27. The van der Waals surface area contributed by atoms with Crippen molar-refractivity contribution in [3.05, 3.63) is 5.82 Å². The molecule has 72 valence electrons. The molecule has 1 atom stereocenters. The molecule has 0 radical (unpaired) electrons. The Bertz CT molecular complexity index is 274. The Labute approximate surface area is 77.5 Å². The van der Waals surface area contributed by atoms with Crippen molar-refractivity contribution in [1.29, 1.82) is 0 Å². The molecule has 0 aliphatic carbocycles. The molecule has 1 aliphatic rings. The standard InChI is InChI=1S/C8H15N5/c1-6(2)13-11-8(10-12-13)7-4-3-5-9-7/h6-7,9H,3-5H2,1-2H3. The van der Waals surface area contributed by atoms with Crippen LogP contribution >= 0.6 is 0 Å². The van der Waals surface area contributed by atoms with Gasteiger partial charge in [0.15, 0.2) is 5.82 Å². The average molecular weight is 181 g/mol. The first kappa shape index (κ1) is 8.62. The van der Waals surface area contributed by atoms with Gasteiger partial charge in [0, 0.05) is 0 Å². The third-order valence-corrected chi connectivity index (χ3v) is 2.28. The number of rotatable bonds is 2. The Kier molecular flexibility index (Phi) is 2.26. The first-order valence-electron chi connectivity index (χ1n) is 4.80. The number of nitrogens with zero attached hydrogens (tertiary/aromatic N) is 4. The van der Waals surface area contributed by atoms with Gasteiger partial charge in [0.2, 0.25) is 0 Å². The van der Waals surface area contributed by atoms with Crippen molar-refractivity contribution >= 4 is 0 Å². The van der Waals surface area contributed by atoms with Crippen molar-refractivity contribution < 1.29 is 0 Å². The van der Waals surface area contributed by atoms with Gasteiger partial charge in [-0.15, -0.1) is 10.2 Å². The van der Waals surface area contributed by atoms with E-state index in [9.17, 15) is 0 Å². The Balaban J connectivity index is 2.12. The summed E-state index contributed by atoms with van der Waals surface area (Å²) < 4.78 is 0. The zero-order valence-corrected chi connectivity index (χ0v) is 8.06. The maximum Gasteiger partial charge on any atom is 0.191 e. The van der Waals surface area contributed by atoms with Gasteiger partial charge in [0.1, 0.15) is 0 Å². The second-order valence-electron chi connectivity index (χ2n) is 3.71. The summed E-state index contributed by atoms with van der Waals surface area (Å²) in [6.07, 6.45) is 2.34. The van der Waals surface area contributed by atoms with Gasteiger partial charge >= 0.3 is 0 Å². The maximum atomic E-state index is 4.32. The lowest BCUT2D eigenvalue weighted by Crippen LogP contribution is -2.15. The van der Waals surface area contributed by atoms with Gasteiger partial charge in [0.25, 0.3) is 0 Å². The van der Waals surface area contributed by atoms with E-state index < -0.39 is 0 Å². The van der Waals surface area contributed by atoms with Crippen LogP contribution in [0, 0.1) is 0 Å². The van der Waals surface area contributed by atoms with Crippen LogP contribution in [0.5, 0.6) is 0 Å². The third-order valence-electron chi connectivity index (χ3n) is 2.28. The number of tetrazole rings is 1. The van der Waals surface area contributed by atoms with E-state index >= 15 is 0 Å². The van der Waals surface area contributed by atoms with Gasteiger partial charge in [-0.25, -0.2) is 0 Å². The van der Waals surface area contributed by atoms with E-state index in [1.807, 2.05) is 13.8 Å². The summed E-state index contributed by atoms with van der Waals surface area (Å²) in [6.45, 7) is 5.17. The smallest absolute Gasteiger partial charge is 0.191 e. The molecule has 1 aromatic rings. The SMILES string of the molecule is CC(C)n1nnc(C2CCCN2)n1. The molecule has 1 aromatic heterocycles. The van der Waals surface area contributed by atoms with Crippen molar-refractivity contribution in [2.24, 2.45) is 0 Å². The summed E-state index contributed by atoms with van der Waals surface area (Å²) in [5.74, 6) is 0.839. The number of nitrogens with one attached hydrogen (secondary N) is 1. The van der Waals surface area contributed by atoms with Crippen LogP contribution in [0.25, 0.3) is 0 Å². The van der Waals surface area contributed by atoms with E-state index in [-0.39, 0.29) is 0 Å². The molecule has 1 aliphatic heterocycles. The molecule has 1 saturated heterocycles. The first-order valence-corrected chi connectivity index (χ1v) is 4.80. The predicted octanol–water partition coefficient (Wildman–Crippen LogP) is 0.678. The quantitative estimate of drug-likeness (QED) is 0.729. The van der Waals surface area contributed by atoms with E-state index in [1.54, 1.807) is 4.80 Å². The Hall–Kier alpha value is -0.970. The van der Waals surface area contributed by atoms with Crippen LogP contribution < -0.4 is 5.32 Å². The van der Waals surface area contributed by atoms with E-state index in [0.717, 1.165) is 18.8 Å². The summed E-state index contributed by atoms with van der Waals surface area (Å²) in [6, 6.07) is 0.621. The highest BCUT2D eigenvalue weighted by molar-refractivity contribution is 4.92. The van der Waals surface area contributed by atoms with Crippen molar-refractivity contribution in [1.82, 2.24) is 25.5 Å². The van der Waals surface area contributed by atoms with Gasteiger partial charge in [-0.05, 0) is 38.4 Å². The lowest BCUT2D eigenvalue weighted by Gasteiger charge is -2.03. The highest BCUT2D eigenvalue weighted by Gasteiger charge is 2.20. The normalized spacial score (nSPS) is 22.8. The fraction of sp³-hybridized carbons (Fsp3) is 0.875. The largest absolute Gasteiger partial charge is 0.307 e. The van der Waals surface area contributed by atoms with Crippen LogP contribution in [0.4, 0.5) is 0 Å². The fourth-order valence-electron chi connectivity index (χ4n) is 1.50. The predicted molar refractivity (Wildman–Crippen MR) is 48.2 cm³/mol. The summed E-state index contributed by atoms with van der Waals surface area (Å²) in [7, 11) is 0. The third kappa shape index (κ3) is 1.70. The molecule has 0 saturated carbocycles. The topological polar surface area (TPSA) is 55.6 Å². The van der Waals surface area contributed by atoms with Crippen LogP contribution in [-0.4, -0.2) is 26.8 Å². The molecule has 0 spiro atoms. The maximum absolute atomic E-state index is 4.32. The summed E-state index contributed by atoms with van der Waals surface area (Å²) in [4.78, 5) is 1.66. The van der Waals surface area contributed by atoms with Crippen LogP contribution in [0.15, 0.2) is 0 Å². The lowest BCUT2D eigenvalue weighted by atomic mass is 10.2. The molecule has 0 aromatic carbocycles. The molecule has 5 heteroatoms. The minimum absolute atomic E-state index is 0.294. The second-order valence-corrected chi connectivity index (χ2v) is 3.71. The highest BCUT2D eigenvalue weighted by atomic mass is 15.6. The van der Waals surface area contributed by atoms with Crippen LogP contribution in [0.1, 0.15) is 44.6 Å². The molecule has 1 N–H and O–H groups in total. The van der Waals surface area contributed by atoms with Crippen LogP contribution in [0.2, 0.25) is 0 Å². The molecule has 13 heavy (non-hydrogen) atoms. The zero-order valence-electron chi connectivity index (χ0n) is 8.06. The molecule has 2 rings (SSSR count). The van der Waals surface area contributed by atoms with Crippen LogP contribution in [0.3, 0.4) is 0 Å². The Morgan fingerprint density at radius 1 is 1.54 bits per heavy atom. The summed E-state index contributed by atoms with van der Waals surface area (Å²) in [5, 5.41) is 15.7. The fourth-order valence-corrected chi connectivity index (χ4v) is 1.50. The van der Waals surface area contributed by atoms with Gasteiger partial charge in [0.05, 0.1) is 12.1 Å². The minimum atomic E-state index is 0.294. The lowest BCUT2D eigenvalue weighted by molar-refractivity contribution is 0.450. The molecule has 2 heterocycles. The summed E-state index contributed by atoms with van der Waals surface area (Å²) >= 11 is 0. The minimum Gasteiger partial charge on any atom is -0.307 e. The average Bonchev–Trinajstić information content (AvgIpc) is 2.75. The monoisotopic (exact) mass is 181 g/mol. The van der Waals surface area contributed by atoms with Gasteiger partial charge < -0.3 is 5.32 Å². The molecule has 1 fully saturated rings. The zero-order chi connectivity index (χ0) is 9.26. The van der Waals surface area contributed by atoms with Gasteiger partial charge in [-0.3, -0.25) is 0 Å². The number of hydrogen-bond donors (Lipinski definition) is 1. The Morgan fingerprint density at radius 3 is 2.92 bits per heavy atom. The molecule has 0 bridgehead atoms. The van der Waals surface area contributed by atoms with E-state index in [0.29, 0.717) is 12.1 Å². The second kappa shape index (κ2) is 3.41. The number of hydrogen-bond acceptors (Lipinski definition) is 4. The molecule has 1 unspecified atom stereocenters. The highest BCUT2D eigenvalue weighted by Crippen LogP contribution is 2.18.